The Balaban J connectivity index is 1.56. The zero-order chi connectivity index (χ0) is 21.1. The van der Waals surface area contributed by atoms with E-state index in [-0.39, 0.29) is 23.7 Å². The molecule has 4 rings (SSSR count). The number of ketones is 1. The second-order valence-corrected chi connectivity index (χ2v) is 6.92. The van der Waals surface area contributed by atoms with E-state index in [1.165, 1.54) is 4.68 Å². The van der Waals surface area contributed by atoms with Crippen LogP contribution in [0.4, 0.5) is 5.69 Å². The van der Waals surface area contributed by atoms with E-state index < -0.39 is 0 Å². The van der Waals surface area contributed by atoms with E-state index in [9.17, 15) is 14.4 Å². The largest absolute Gasteiger partial charge is 0.326 e. The summed E-state index contributed by atoms with van der Waals surface area (Å²) in [5, 5.41) is 8.25. The van der Waals surface area contributed by atoms with Gasteiger partial charge in [0.25, 0.3) is 5.56 Å². The quantitative estimate of drug-likeness (QED) is 0.524. The molecule has 0 atom stereocenters. The van der Waals surface area contributed by atoms with Crippen molar-refractivity contribution < 1.29 is 9.59 Å². The van der Waals surface area contributed by atoms with Crippen LogP contribution in [0.5, 0.6) is 0 Å². The minimum Gasteiger partial charge on any atom is -0.326 e. The monoisotopic (exact) mass is 397 g/mol. The van der Waals surface area contributed by atoms with Crippen molar-refractivity contribution in [2.75, 3.05) is 5.32 Å². The first kappa shape index (κ1) is 19.3. The highest BCUT2D eigenvalue weighted by Gasteiger charge is 2.14. The summed E-state index contributed by atoms with van der Waals surface area (Å²) in [6, 6.07) is 22.9. The first-order chi connectivity index (χ1) is 14.5. The van der Waals surface area contributed by atoms with Gasteiger partial charge >= 0.3 is 0 Å². The molecule has 0 aliphatic rings. The number of carbonyl (C=O) groups is 2. The highest BCUT2D eigenvalue weighted by atomic mass is 16.2. The van der Waals surface area contributed by atoms with Crippen molar-refractivity contribution in [3.8, 4) is 0 Å². The molecule has 0 spiro atoms. The lowest BCUT2D eigenvalue weighted by molar-refractivity contribution is -0.115. The van der Waals surface area contributed by atoms with Gasteiger partial charge in [-0.3, -0.25) is 14.4 Å². The van der Waals surface area contributed by atoms with Crippen molar-refractivity contribution in [2.45, 2.75) is 6.42 Å². The van der Waals surface area contributed by atoms with Gasteiger partial charge in [-0.25, -0.2) is 4.68 Å². The third-order valence-corrected chi connectivity index (χ3v) is 4.81. The van der Waals surface area contributed by atoms with Crippen molar-refractivity contribution in [3.63, 3.8) is 0 Å². The van der Waals surface area contributed by atoms with Gasteiger partial charge in [-0.05, 0) is 18.2 Å². The van der Waals surface area contributed by atoms with E-state index in [4.69, 9.17) is 0 Å². The fourth-order valence-corrected chi connectivity index (χ4v) is 3.36. The number of aryl methyl sites for hydroxylation is 1. The van der Waals surface area contributed by atoms with E-state index in [1.807, 2.05) is 24.3 Å². The molecule has 30 heavy (non-hydrogen) atoms. The van der Waals surface area contributed by atoms with E-state index >= 15 is 0 Å². The number of fused-ring (bicyclic) bond motifs is 1. The first-order valence-electron chi connectivity index (χ1n) is 9.47. The van der Waals surface area contributed by atoms with Gasteiger partial charge in [-0.1, -0.05) is 60.7 Å². The molecule has 1 amide bonds. The van der Waals surface area contributed by atoms with Gasteiger partial charge in [-0.2, -0.15) is 5.10 Å². The average Bonchev–Trinajstić information content (AvgIpc) is 2.77. The smallest absolute Gasteiger partial charge is 0.274 e. The zero-order valence-corrected chi connectivity index (χ0v) is 16.3. The maximum Gasteiger partial charge on any atom is 0.274 e. The third-order valence-electron chi connectivity index (χ3n) is 4.81. The Hall–Kier alpha value is -4.06. The third kappa shape index (κ3) is 3.89. The van der Waals surface area contributed by atoms with Gasteiger partial charge in [-0.15, -0.1) is 0 Å². The van der Waals surface area contributed by atoms with Crippen LogP contribution in [0.1, 0.15) is 21.6 Å². The summed E-state index contributed by atoms with van der Waals surface area (Å²) in [6.07, 6.45) is 0.00545. The Kier molecular flexibility index (Phi) is 5.22. The second-order valence-electron chi connectivity index (χ2n) is 6.92. The Morgan fingerprint density at radius 1 is 0.867 bits per heavy atom. The van der Waals surface area contributed by atoms with Crippen LogP contribution >= 0.6 is 0 Å². The van der Waals surface area contributed by atoms with Crippen molar-refractivity contribution in [1.82, 2.24) is 9.78 Å². The van der Waals surface area contributed by atoms with Gasteiger partial charge in [0.1, 0.15) is 0 Å². The molecule has 0 saturated carbocycles. The lowest BCUT2D eigenvalue weighted by Crippen LogP contribution is -2.24. The van der Waals surface area contributed by atoms with Gasteiger partial charge in [0.15, 0.2) is 5.78 Å². The standard InChI is InChI=1S/C24H19N3O3/c1-27-24(30)20-13-6-5-12-19(20)21(26-27)15-22(28)25-18-11-7-10-17(14-18)23(29)16-8-3-2-4-9-16/h2-14H,15H2,1H3,(H,25,28). The number of nitrogens with one attached hydrogen (secondary N) is 1. The fraction of sp³-hybridized carbons (Fsp3) is 0.0833. The SMILES string of the molecule is Cn1nc(CC(=O)Nc2cccc(C(=O)c3ccccc3)c2)c2ccccc2c1=O. The molecule has 6 nitrogen and oxygen atoms in total. The number of hydrogen-bond donors (Lipinski definition) is 1. The molecule has 6 heteroatoms. The Morgan fingerprint density at radius 2 is 1.53 bits per heavy atom. The van der Waals surface area contributed by atoms with Crippen LogP contribution in [0.2, 0.25) is 0 Å². The summed E-state index contributed by atoms with van der Waals surface area (Å²) in [6.45, 7) is 0. The van der Waals surface area contributed by atoms with E-state index in [2.05, 4.69) is 10.4 Å². The predicted molar refractivity (Wildman–Crippen MR) is 116 cm³/mol. The number of aromatic nitrogens is 2. The maximum atomic E-state index is 12.6. The Bertz CT molecular complexity index is 1310. The molecule has 0 unspecified atom stereocenters. The summed E-state index contributed by atoms with van der Waals surface area (Å²) in [5.74, 6) is -0.395. The number of carbonyl (C=O) groups excluding carboxylic acids is 2. The minimum atomic E-state index is -0.282. The lowest BCUT2D eigenvalue weighted by atomic mass is 10.0. The molecule has 0 fully saturated rings. The predicted octanol–water partition coefficient (Wildman–Crippen LogP) is 3.35. The van der Waals surface area contributed by atoms with Crippen LogP contribution in [-0.2, 0) is 18.3 Å². The molecule has 1 aromatic heterocycles. The average molecular weight is 397 g/mol. The van der Waals surface area contributed by atoms with Crippen LogP contribution < -0.4 is 10.9 Å². The number of hydrogen-bond acceptors (Lipinski definition) is 4. The van der Waals surface area contributed by atoms with E-state index in [0.29, 0.717) is 33.3 Å². The van der Waals surface area contributed by atoms with Gasteiger partial charge in [0.2, 0.25) is 5.91 Å². The molecule has 0 saturated heterocycles. The summed E-state index contributed by atoms with van der Waals surface area (Å²) in [4.78, 5) is 37.5. The van der Waals surface area contributed by atoms with Crippen molar-refractivity contribution >= 4 is 28.2 Å². The molecular weight excluding hydrogens is 378 g/mol. The van der Waals surface area contributed by atoms with Crippen LogP contribution in [0, 0.1) is 0 Å². The topological polar surface area (TPSA) is 81.1 Å². The van der Waals surface area contributed by atoms with Crippen LogP contribution in [-0.4, -0.2) is 21.5 Å². The second kappa shape index (κ2) is 8.13. The number of benzene rings is 3. The van der Waals surface area contributed by atoms with Gasteiger partial charge in [0, 0.05) is 29.2 Å². The lowest BCUT2D eigenvalue weighted by Gasteiger charge is -2.10. The number of amides is 1. The highest BCUT2D eigenvalue weighted by molar-refractivity contribution is 6.09. The molecule has 3 aromatic carbocycles. The van der Waals surface area contributed by atoms with Crippen LogP contribution in [0.15, 0.2) is 83.7 Å². The van der Waals surface area contributed by atoms with Crippen LogP contribution in [0.25, 0.3) is 10.8 Å². The van der Waals surface area contributed by atoms with Gasteiger partial charge < -0.3 is 5.32 Å². The molecule has 0 bridgehead atoms. The summed E-state index contributed by atoms with van der Waals surface area (Å²) in [7, 11) is 1.56. The van der Waals surface area contributed by atoms with Crippen molar-refractivity contribution in [2.24, 2.45) is 7.05 Å². The highest BCUT2D eigenvalue weighted by Crippen LogP contribution is 2.17. The summed E-state index contributed by atoms with van der Waals surface area (Å²) < 4.78 is 1.24. The minimum absolute atomic E-state index is 0.00545. The zero-order valence-electron chi connectivity index (χ0n) is 16.3. The molecule has 0 aliphatic carbocycles. The van der Waals surface area contributed by atoms with E-state index in [0.717, 1.165) is 0 Å². The number of rotatable bonds is 5. The molecule has 1 N–H and O–H groups in total. The molecule has 0 aliphatic heterocycles. The van der Waals surface area contributed by atoms with Gasteiger partial charge in [0.05, 0.1) is 17.5 Å². The molecular formula is C24H19N3O3. The Labute approximate surface area is 172 Å². The first-order valence-corrected chi connectivity index (χ1v) is 9.47. The summed E-state index contributed by atoms with van der Waals surface area (Å²) in [5.41, 5.74) is 1.91. The fourth-order valence-electron chi connectivity index (χ4n) is 3.36. The molecule has 0 radical (unpaired) electrons. The van der Waals surface area contributed by atoms with Crippen LogP contribution in [0.3, 0.4) is 0 Å². The molecule has 4 aromatic rings. The molecule has 148 valence electrons. The summed E-state index contributed by atoms with van der Waals surface area (Å²) >= 11 is 0. The van der Waals surface area contributed by atoms with E-state index in [1.54, 1.807) is 61.6 Å². The van der Waals surface area contributed by atoms with Crippen molar-refractivity contribution in [1.29, 1.82) is 0 Å². The number of anilines is 1. The normalized spacial score (nSPS) is 10.7. The van der Waals surface area contributed by atoms with Crippen molar-refractivity contribution in [3.05, 3.63) is 106 Å². The molecule has 1 heterocycles. The Morgan fingerprint density at radius 3 is 2.30 bits per heavy atom. The maximum absolute atomic E-state index is 12.6. The number of nitrogens with zero attached hydrogens (tertiary/aromatic N) is 2.